The number of aryl methyl sites for hydroxylation is 1. The van der Waals surface area contributed by atoms with Gasteiger partial charge >= 0.3 is 0 Å². The van der Waals surface area contributed by atoms with Crippen LogP contribution in [-0.4, -0.2) is 9.97 Å². The molecule has 0 fully saturated rings. The first-order valence-corrected chi connectivity index (χ1v) is 7.69. The highest BCUT2D eigenvalue weighted by Gasteiger charge is 2.09. The third-order valence-electron chi connectivity index (χ3n) is 2.80. The van der Waals surface area contributed by atoms with E-state index in [4.69, 9.17) is 5.73 Å². The molecule has 2 N–H and O–H groups in total. The molecule has 3 nitrogen and oxygen atoms in total. The topological polar surface area (TPSA) is 51.8 Å². The summed E-state index contributed by atoms with van der Waals surface area (Å²) in [5, 5.41) is 6.18. The van der Waals surface area contributed by atoms with E-state index in [1.54, 1.807) is 22.7 Å². The molecule has 0 saturated carbocycles. The van der Waals surface area contributed by atoms with Crippen molar-refractivity contribution in [3.8, 4) is 22.0 Å². The molecule has 96 valence electrons. The minimum Gasteiger partial charge on any atom is -0.326 e. The van der Waals surface area contributed by atoms with Gasteiger partial charge in [0.1, 0.15) is 16.4 Å². The second-order valence-electron chi connectivity index (χ2n) is 4.19. The minimum absolute atomic E-state index is 0.553. The number of hydrogen-bond donors (Lipinski definition) is 1. The SMILES string of the molecule is Cc1nc(-c2csc(-c3cccc(CN)c3)n2)cs1. The summed E-state index contributed by atoms with van der Waals surface area (Å²) in [4.78, 5) is 9.13. The molecule has 0 atom stereocenters. The maximum Gasteiger partial charge on any atom is 0.124 e. The maximum atomic E-state index is 5.67. The molecular formula is C14H13N3S2. The van der Waals surface area contributed by atoms with Gasteiger partial charge in [0.2, 0.25) is 0 Å². The summed E-state index contributed by atoms with van der Waals surface area (Å²) in [5.74, 6) is 0. The van der Waals surface area contributed by atoms with Crippen molar-refractivity contribution >= 4 is 22.7 Å². The Labute approximate surface area is 119 Å². The molecule has 0 aliphatic heterocycles. The summed E-state index contributed by atoms with van der Waals surface area (Å²) < 4.78 is 0. The van der Waals surface area contributed by atoms with Crippen LogP contribution in [0.25, 0.3) is 22.0 Å². The van der Waals surface area contributed by atoms with Gasteiger partial charge in [0, 0.05) is 22.9 Å². The number of benzene rings is 1. The van der Waals surface area contributed by atoms with Crippen LogP contribution in [0, 0.1) is 6.92 Å². The highest BCUT2D eigenvalue weighted by atomic mass is 32.1. The van der Waals surface area contributed by atoms with Crippen molar-refractivity contribution < 1.29 is 0 Å². The normalized spacial score (nSPS) is 10.8. The van der Waals surface area contributed by atoms with Gasteiger partial charge in [-0.15, -0.1) is 22.7 Å². The van der Waals surface area contributed by atoms with Gasteiger partial charge in [-0.05, 0) is 18.6 Å². The van der Waals surface area contributed by atoms with E-state index in [0.29, 0.717) is 6.54 Å². The summed E-state index contributed by atoms with van der Waals surface area (Å²) >= 11 is 3.29. The van der Waals surface area contributed by atoms with Crippen LogP contribution in [-0.2, 0) is 6.54 Å². The number of aromatic nitrogens is 2. The van der Waals surface area contributed by atoms with Crippen molar-refractivity contribution in [2.75, 3.05) is 0 Å². The lowest BCUT2D eigenvalue weighted by Gasteiger charge is -1.99. The molecule has 19 heavy (non-hydrogen) atoms. The zero-order valence-corrected chi connectivity index (χ0v) is 12.1. The molecule has 0 unspecified atom stereocenters. The van der Waals surface area contributed by atoms with Crippen LogP contribution in [0.3, 0.4) is 0 Å². The van der Waals surface area contributed by atoms with Crippen molar-refractivity contribution in [2.24, 2.45) is 5.73 Å². The number of hydrogen-bond acceptors (Lipinski definition) is 5. The van der Waals surface area contributed by atoms with Gasteiger partial charge in [-0.25, -0.2) is 9.97 Å². The largest absolute Gasteiger partial charge is 0.326 e. The van der Waals surface area contributed by atoms with E-state index in [1.807, 2.05) is 24.4 Å². The first-order valence-electron chi connectivity index (χ1n) is 5.93. The zero-order valence-electron chi connectivity index (χ0n) is 10.5. The maximum absolute atomic E-state index is 5.67. The molecule has 2 heterocycles. The van der Waals surface area contributed by atoms with Gasteiger partial charge in [0.25, 0.3) is 0 Å². The van der Waals surface area contributed by atoms with Gasteiger partial charge in [-0.3, -0.25) is 0 Å². The molecule has 0 spiro atoms. The fourth-order valence-electron chi connectivity index (χ4n) is 1.84. The monoisotopic (exact) mass is 287 g/mol. The average Bonchev–Trinajstić information content (AvgIpc) is 3.07. The molecule has 0 bridgehead atoms. The Balaban J connectivity index is 1.96. The van der Waals surface area contributed by atoms with Crippen LogP contribution in [0.1, 0.15) is 10.6 Å². The Hall–Kier alpha value is -1.56. The van der Waals surface area contributed by atoms with E-state index in [1.165, 1.54) is 0 Å². The number of thiazole rings is 2. The van der Waals surface area contributed by atoms with Crippen LogP contribution >= 0.6 is 22.7 Å². The lowest BCUT2D eigenvalue weighted by Crippen LogP contribution is -1.95. The molecule has 0 radical (unpaired) electrons. The third-order valence-corrected chi connectivity index (χ3v) is 4.46. The second-order valence-corrected chi connectivity index (χ2v) is 6.11. The molecule has 2 aromatic heterocycles. The first-order chi connectivity index (χ1) is 9.26. The van der Waals surface area contributed by atoms with E-state index in [2.05, 4.69) is 27.5 Å². The summed E-state index contributed by atoms with van der Waals surface area (Å²) in [5.41, 5.74) is 9.82. The fraction of sp³-hybridized carbons (Fsp3) is 0.143. The zero-order chi connectivity index (χ0) is 13.2. The summed E-state index contributed by atoms with van der Waals surface area (Å²) in [6, 6.07) is 8.20. The van der Waals surface area contributed by atoms with E-state index in [0.717, 1.165) is 32.5 Å². The predicted molar refractivity (Wildman–Crippen MR) is 81.3 cm³/mol. The Morgan fingerprint density at radius 3 is 2.63 bits per heavy atom. The minimum atomic E-state index is 0.553. The van der Waals surface area contributed by atoms with Crippen molar-refractivity contribution in [2.45, 2.75) is 13.5 Å². The molecule has 5 heteroatoms. The van der Waals surface area contributed by atoms with E-state index in [-0.39, 0.29) is 0 Å². The highest BCUT2D eigenvalue weighted by molar-refractivity contribution is 7.13. The number of nitrogens with two attached hydrogens (primary N) is 1. The van der Waals surface area contributed by atoms with Crippen molar-refractivity contribution in [1.82, 2.24) is 9.97 Å². The lowest BCUT2D eigenvalue weighted by molar-refractivity contribution is 1.07. The van der Waals surface area contributed by atoms with Crippen molar-refractivity contribution in [1.29, 1.82) is 0 Å². The number of rotatable bonds is 3. The predicted octanol–water partition coefficient (Wildman–Crippen LogP) is 3.70. The van der Waals surface area contributed by atoms with Crippen LogP contribution in [0.5, 0.6) is 0 Å². The average molecular weight is 287 g/mol. The molecular weight excluding hydrogens is 274 g/mol. The van der Waals surface area contributed by atoms with Gasteiger partial charge in [0.15, 0.2) is 0 Å². The van der Waals surface area contributed by atoms with Crippen LogP contribution in [0.15, 0.2) is 35.0 Å². The third kappa shape index (κ3) is 2.58. The first kappa shape index (κ1) is 12.5. The van der Waals surface area contributed by atoms with Crippen LogP contribution < -0.4 is 5.73 Å². The Kier molecular flexibility index (Phi) is 3.42. The van der Waals surface area contributed by atoms with Gasteiger partial charge in [-0.1, -0.05) is 18.2 Å². The molecule has 3 aromatic rings. The Morgan fingerprint density at radius 1 is 1.11 bits per heavy atom. The standard InChI is InChI=1S/C14H13N3S2/c1-9-16-12(7-18-9)13-8-19-14(17-13)11-4-2-3-10(5-11)6-15/h2-5,7-8H,6,15H2,1H3. The molecule has 0 amide bonds. The molecule has 1 aromatic carbocycles. The lowest BCUT2D eigenvalue weighted by atomic mass is 10.1. The smallest absolute Gasteiger partial charge is 0.124 e. The quantitative estimate of drug-likeness (QED) is 0.799. The van der Waals surface area contributed by atoms with Crippen molar-refractivity contribution in [3.63, 3.8) is 0 Å². The fourth-order valence-corrected chi connectivity index (χ4v) is 3.25. The summed E-state index contributed by atoms with van der Waals surface area (Å²) in [6.45, 7) is 2.56. The Bertz CT molecular complexity index is 700. The second kappa shape index (κ2) is 5.21. The van der Waals surface area contributed by atoms with Gasteiger partial charge in [-0.2, -0.15) is 0 Å². The molecule has 0 aliphatic carbocycles. The summed E-state index contributed by atoms with van der Waals surface area (Å²) in [6.07, 6.45) is 0. The van der Waals surface area contributed by atoms with Crippen LogP contribution in [0.4, 0.5) is 0 Å². The van der Waals surface area contributed by atoms with E-state index < -0.39 is 0 Å². The van der Waals surface area contributed by atoms with Gasteiger partial charge < -0.3 is 5.73 Å². The molecule has 0 aliphatic rings. The molecule has 0 saturated heterocycles. The highest BCUT2D eigenvalue weighted by Crippen LogP contribution is 2.29. The molecule has 3 rings (SSSR count). The number of nitrogens with zero attached hydrogens (tertiary/aromatic N) is 2. The summed E-state index contributed by atoms with van der Waals surface area (Å²) in [7, 11) is 0. The van der Waals surface area contributed by atoms with E-state index in [9.17, 15) is 0 Å². The van der Waals surface area contributed by atoms with Gasteiger partial charge in [0.05, 0.1) is 5.01 Å². The van der Waals surface area contributed by atoms with Crippen LogP contribution in [0.2, 0.25) is 0 Å². The van der Waals surface area contributed by atoms with Crippen molar-refractivity contribution in [3.05, 3.63) is 45.6 Å². The van der Waals surface area contributed by atoms with E-state index >= 15 is 0 Å². The Morgan fingerprint density at radius 2 is 1.89 bits per heavy atom.